The third-order valence-electron chi connectivity index (χ3n) is 2.77. The molecule has 0 radical (unpaired) electrons. The first-order valence-corrected chi connectivity index (χ1v) is 6.32. The van der Waals surface area contributed by atoms with Gasteiger partial charge in [-0.05, 0) is 37.5 Å². The van der Waals surface area contributed by atoms with E-state index in [1.807, 2.05) is 19.1 Å². The van der Waals surface area contributed by atoms with E-state index < -0.39 is 6.10 Å². The first-order chi connectivity index (χ1) is 9.06. The number of aryl methyl sites for hydroxylation is 1. The van der Waals surface area contributed by atoms with Crippen molar-refractivity contribution in [2.24, 2.45) is 5.84 Å². The molecule has 1 aromatic rings. The SMILES string of the molecule is CCC(Oc1ccc(CCC(C)=O)cc1)C(=O)NN. The number of hydrogen-bond acceptors (Lipinski definition) is 4. The lowest BCUT2D eigenvalue weighted by Gasteiger charge is -2.15. The maximum Gasteiger partial charge on any atom is 0.274 e. The smallest absolute Gasteiger partial charge is 0.274 e. The van der Waals surface area contributed by atoms with E-state index >= 15 is 0 Å². The van der Waals surface area contributed by atoms with Crippen molar-refractivity contribution in [1.29, 1.82) is 0 Å². The fourth-order valence-corrected chi connectivity index (χ4v) is 1.63. The highest BCUT2D eigenvalue weighted by Gasteiger charge is 2.16. The standard InChI is InChI=1S/C14H20N2O3/c1-3-13(14(18)16-15)19-12-8-6-11(7-9-12)5-4-10(2)17/h6-9,13H,3-5,15H2,1-2H3,(H,16,18). The molecule has 0 heterocycles. The summed E-state index contributed by atoms with van der Waals surface area (Å²) in [6.45, 7) is 3.43. The van der Waals surface area contributed by atoms with Crippen molar-refractivity contribution in [3.05, 3.63) is 29.8 Å². The molecule has 0 aliphatic carbocycles. The van der Waals surface area contributed by atoms with Crippen LogP contribution in [0.5, 0.6) is 5.75 Å². The highest BCUT2D eigenvalue weighted by molar-refractivity contribution is 5.80. The lowest BCUT2D eigenvalue weighted by Crippen LogP contribution is -2.41. The van der Waals surface area contributed by atoms with Crippen LogP contribution in [0, 0.1) is 0 Å². The molecule has 0 fully saturated rings. The van der Waals surface area contributed by atoms with Crippen molar-refractivity contribution in [2.45, 2.75) is 39.2 Å². The van der Waals surface area contributed by atoms with Gasteiger partial charge >= 0.3 is 0 Å². The Morgan fingerprint density at radius 1 is 1.32 bits per heavy atom. The third kappa shape index (κ3) is 5.09. The lowest BCUT2D eigenvalue weighted by atomic mass is 10.1. The van der Waals surface area contributed by atoms with Crippen molar-refractivity contribution in [3.8, 4) is 5.75 Å². The zero-order chi connectivity index (χ0) is 14.3. The fourth-order valence-electron chi connectivity index (χ4n) is 1.63. The van der Waals surface area contributed by atoms with E-state index in [1.54, 1.807) is 19.1 Å². The van der Waals surface area contributed by atoms with Crippen molar-refractivity contribution < 1.29 is 14.3 Å². The summed E-state index contributed by atoms with van der Waals surface area (Å²) in [5, 5.41) is 0. The zero-order valence-electron chi connectivity index (χ0n) is 11.3. The number of amides is 1. The zero-order valence-corrected chi connectivity index (χ0v) is 11.3. The number of rotatable bonds is 7. The number of hydrogen-bond donors (Lipinski definition) is 2. The predicted octanol–water partition coefficient (Wildman–Crippen LogP) is 1.36. The van der Waals surface area contributed by atoms with Crippen LogP contribution in [0.25, 0.3) is 0 Å². The Kier molecular flexibility index (Phi) is 6.02. The van der Waals surface area contributed by atoms with Crippen LogP contribution < -0.4 is 16.0 Å². The van der Waals surface area contributed by atoms with Crippen LogP contribution in [-0.4, -0.2) is 17.8 Å². The van der Waals surface area contributed by atoms with E-state index in [2.05, 4.69) is 5.43 Å². The molecule has 1 atom stereocenters. The van der Waals surface area contributed by atoms with Gasteiger partial charge in [-0.1, -0.05) is 19.1 Å². The molecule has 5 nitrogen and oxygen atoms in total. The van der Waals surface area contributed by atoms with Gasteiger partial charge in [-0.15, -0.1) is 0 Å². The average Bonchev–Trinajstić information content (AvgIpc) is 2.42. The average molecular weight is 264 g/mol. The summed E-state index contributed by atoms with van der Waals surface area (Å²) in [5.74, 6) is 5.52. The quantitative estimate of drug-likeness (QED) is 0.442. The number of ether oxygens (including phenoxy) is 1. The van der Waals surface area contributed by atoms with Gasteiger partial charge in [0.25, 0.3) is 5.91 Å². The van der Waals surface area contributed by atoms with E-state index in [0.717, 1.165) is 12.0 Å². The molecule has 0 bridgehead atoms. The van der Waals surface area contributed by atoms with Gasteiger partial charge in [-0.25, -0.2) is 5.84 Å². The van der Waals surface area contributed by atoms with Crippen molar-refractivity contribution in [1.82, 2.24) is 5.43 Å². The first kappa shape index (κ1) is 15.2. The fraction of sp³-hybridized carbons (Fsp3) is 0.429. The molecule has 1 amide bonds. The van der Waals surface area contributed by atoms with Crippen LogP contribution in [0.4, 0.5) is 0 Å². The minimum absolute atomic E-state index is 0.172. The van der Waals surface area contributed by atoms with Gasteiger partial charge in [-0.3, -0.25) is 10.2 Å². The van der Waals surface area contributed by atoms with Gasteiger partial charge < -0.3 is 9.53 Å². The molecule has 0 spiro atoms. The van der Waals surface area contributed by atoms with E-state index in [4.69, 9.17) is 10.6 Å². The molecule has 0 aromatic heterocycles. The maximum absolute atomic E-state index is 11.4. The Hall–Kier alpha value is -1.88. The summed E-state index contributed by atoms with van der Waals surface area (Å²) in [4.78, 5) is 22.3. The van der Waals surface area contributed by atoms with Crippen LogP contribution in [0.3, 0.4) is 0 Å². The first-order valence-electron chi connectivity index (χ1n) is 6.32. The topological polar surface area (TPSA) is 81.4 Å². The highest BCUT2D eigenvalue weighted by Crippen LogP contribution is 2.16. The number of benzene rings is 1. The predicted molar refractivity (Wildman–Crippen MR) is 72.5 cm³/mol. The molecule has 19 heavy (non-hydrogen) atoms. The molecule has 0 saturated carbocycles. The number of Topliss-reactive ketones (excluding diaryl/α,β-unsaturated/α-hetero) is 1. The number of nitrogens with two attached hydrogens (primary N) is 1. The Morgan fingerprint density at radius 2 is 1.95 bits per heavy atom. The van der Waals surface area contributed by atoms with Crippen molar-refractivity contribution >= 4 is 11.7 Å². The Bertz CT molecular complexity index is 429. The van der Waals surface area contributed by atoms with E-state index in [0.29, 0.717) is 18.6 Å². The van der Waals surface area contributed by atoms with E-state index in [-0.39, 0.29) is 11.7 Å². The van der Waals surface area contributed by atoms with Gasteiger partial charge in [-0.2, -0.15) is 0 Å². The van der Waals surface area contributed by atoms with Crippen LogP contribution in [-0.2, 0) is 16.0 Å². The summed E-state index contributed by atoms with van der Waals surface area (Å²) in [6, 6.07) is 7.38. The third-order valence-corrected chi connectivity index (χ3v) is 2.77. The molecule has 0 saturated heterocycles. The van der Waals surface area contributed by atoms with Crippen molar-refractivity contribution in [2.75, 3.05) is 0 Å². The molecule has 104 valence electrons. The second kappa shape index (κ2) is 7.53. The minimum Gasteiger partial charge on any atom is -0.481 e. The molecule has 1 rings (SSSR count). The Balaban J connectivity index is 2.60. The monoisotopic (exact) mass is 264 g/mol. The summed E-state index contributed by atoms with van der Waals surface area (Å²) in [7, 11) is 0. The largest absolute Gasteiger partial charge is 0.481 e. The minimum atomic E-state index is -0.590. The molecular weight excluding hydrogens is 244 g/mol. The summed E-state index contributed by atoms with van der Waals surface area (Å²) in [5.41, 5.74) is 3.15. The number of hydrazine groups is 1. The molecule has 1 aromatic carbocycles. The van der Waals surface area contributed by atoms with Crippen molar-refractivity contribution in [3.63, 3.8) is 0 Å². The van der Waals surface area contributed by atoms with E-state index in [1.165, 1.54) is 0 Å². The van der Waals surface area contributed by atoms with Gasteiger partial charge in [0.15, 0.2) is 6.10 Å². The van der Waals surface area contributed by atoms with Crippen LogP contribution in [0.2, 0.25) is 0 Å². The molecule has 3 N–H and O–H groups in total. The van der Waals surface area contributed by atoms with Crippen LogP contribution in [0.1, 0.15) is 32.3 Å². The van der Waals surface area contributed by atoms with Crippen LogP contribution >= 0.6 is 0 Å². The summed E-state index contributed by atoms with van der Waals surface area (Å²) >= 11 is 0. The lowest BCUT2D eigenvalue weighted by molar-refractivity contribution is -0.128. The van der Waals surface area contributed by atoms with Crippen LogP contribution in [0.15, 0.2) is 24.3 Å². The summed E-state index contributed by atoms with van der Waals surface area (Å²) in [6.07, 6.45) is 1.20. The molecule has 0 aliphatic rings. The molecule has 5 heteroatoms. The normalized spacial score (nSPS) is 11.7. The second-order valence-corrected chi connectivity index (χ2v) is 4.37. The molecule has 1 unspecified atom stereocenters. The number of carbonyl (C=O) groups is 2. The van der Waals surface area contributed by atoms with Gasteiger partial charge in [0, 0.05) is 6.42 Å². The number of carbonyl (C=O) groups excluding carboxylic acids is 2. The molecule has 0 aliphatic heterocycles. The van der Waals surface area contributed by atoms with Gasteiger partial charge in [0.1, 0.15) is 11.5 Å². The molecular formula is C14H20N2O3. The number of nitrogens with one attached hydrogen (secondary N) is 1. The highest BCUT2D eigenvalue weighted by atomic mass is 16.5. The van der Waals surface area contributed by atoms with E-state index in [9.17, 15) is 9.59 Å². The summed E-state index contributed by atoms with van der Waals surface area (Å²) < 4.78 is 5.54. The van der Waals surface area contributed by atoms with Gasteiger partial charge in [0.2, 0.25) is 0 Å². The Morgan fingerprint density at radius 3 is 2.42 bits per heavy atom. The van der Waals surface area contributed by atoms with Gasteiger partial charge in [0.05, 0.1) is 0 Å². The maximum atomic E-state index is 11.4. The second-order valence-electron chi connectivity index (χ2n) is 4.37. The number of ketones is 1. The Labute approximate surface area is 113 Å².